The highest BCUT2D eigenvalue weighted by Gasteiger charge is 2.13. The molecule has 4 aromatic rings. The van der Waals surface area contributed by atoms with E-state index >= 15 is 0 Å². The number of benzene rings is 4. The van der Waals surface area contributed by atoms with Gasteiger partial charge in [-0.15, -0.1) is 26.9 Å². The minimum absolute atomic E-state index is 0.250. The van der Waals surface area contributed by atoms with Crippen molar-refractivity contribution in [3.8, 4) is 0 Å². The number of carbonyl (C=O) groups excluding carboxylic acids is 2. The van der Waals surface area contributed by atoms with Gasteiger partial charge >= 0.3 is 6.15 Å². The summed E-state index contributed by atoms with van der Waals surface area (Å²) < 4.78 is 13.9. The summed E-state index contributed by atoms with van der Waals surface area (Å²) in [6, 6.07) is 26.8. The lowest BCUT2D eigenvalue weighted by atomic mass is 9.99. The first-order chi connectivity index (χ1) is 19.3. The predicted octanol–water partition coefficient (Wildman–Crippen LogP) is 9.07. The Morgan fingerprint density at radius 2 is 1.48 bits per heavy atom. The van der Waals surface area contributed by atoms with Gasteiger partial charge in [0.15, 0.2) is 0 Å². The largest absolute Gasteiger partial charge is 0.373 e. The molecule has 0 N–H and O–H groups in total. The Hall–Kier alpha value is -3.75. The molecule has 1 unspecified atom stereocenters. The average Bonchev–Trinajstić information content (AvgIpc) is 2.98. The third-order valence-electron chi connectivity index (χ3n) is 6.05. The smallest absolute Gasteiger partial charge is 0.214 e. The molecule has 0 aromatic heterocycles. The molecule has 1 aliphatic rings. The van der Waals surface area contributed by atoms with E-state index in [0.29, 0.717) is 10.8 Å². The zero-order chi connectivity index (χ0) is 29.5. The highest BCUT2D eigenvalue weighted by Crippen LogP contribution is 2.36. The monoisotopic (exact) mass is 571 g/mol. The van der Waals surface area contributed by atoms with Crippen molar-refractivity contribution >= 4 is 54.5 Å². The van der Waals surface area contributed by atoms with Crippen LogP contribution in [0.1, 0.15) is 29.5 Å². The molecule has 0 aliphatic heterocycles. The van der Waals surface area contributed by atoms with E-state index in [9.17, 15) is 4.48 Å². The number of nitrogens with zero attached hydrogens (tertiary/aromatic N) is 1. The van der Waals surface area contributed by atoms with Crippen molar-refractivity contribution in [2.24, 2.45) is 0 Å². The molecule has 4 aromatic carbocycles. The normalized spacial score (nSPS) is 11.4. The van der Waals surface area contributed by atoms with Crippen LogP contribution in [0.15, 0.2) is 120 Å². The van der Waals surface area contributed by atoms with E-state index in [1.54, 1.807) is 11.8 Å². The fourth-order valence-electron chi connectivity index (χ4n) is 4.06. The molecule has 0 heterocycles. The Balaban J connectivity index is 0.000000264. The van der Waals surface area contributed by atoms with Crippen molar-refractivity contribution in [1.82, 2.24) is 0 Å². The summed E-state index contributed by atoms with van der Waals surface area (Å²) in [6.45, 7) is 10.2. The van der Waals surface area contributed by atoms with Crippen molar-refractivity contribution in [3.05, 3.63) is 127 Å². The molecule has 3 nitrogen and oxygen atoms in total. The van der Waals surface area contributed by atoms with Gasteiger partial charge in [-0.05, 0) is 66.2 Å². The Morgan fingerprint density at radius 1 is 0.875 bits per heavy atom. The van der Waals surface area contributed by atoms with Crippen molar-refractivity contribution < 1.29 is 14.1 Å². The Morgan fingerprint density at radius 3 is 2.05 bits per heavy atom. The fourth-order valence-corrected chi connectivity index (χ4v) is 5.57. The van der Waals surface area contributed by atoms with Gasteiger partial charge in [0.2, 0.25) is 0 Å². The summed E-state index contributed by atoms with van der Waals surface area (Å²) in [4.78, 5) is 18.5. The van der Waals surface area contributed by atoms with Crippen molar-refractivity contribution in [2.45, 2.75) is 36.5 Å². The minimum Gasteiger partial charge on any atom is -0.214 e. The Labute approximate surface area is 243 Å². The maximum Gasteiger partial charge on any atom is 0.373 e. The van der Waals surface area contributed by atoms with Gasteiger partial charge in [0.05, 0.1) is 5.69 Å². The Bertz CT molecular complexity index is 1490. The molecule has 0 radical (unpaired) electrons. The maximum atomic E-state index is 13.9. The summed E-state index contributed by atoms with van der Waals surface area (Å²) >= 11 is 1.67. The third kappa shape index (κ3) is 9.17. The second-order valence-corrected chi connectivity index (χ2v) is 10.4. The van der Waals surface area contributed by atoms with Crippen LogP contribution in [0.2, 0.25) is 0 Å². The van der Waals surface area contributed by atoms with Crippen molar-refractivity contribution in [1.29, 1.82) is 0 Å². The SMILES string of the molecule is C=C.Cc1ccc(C2=CCCC=C2)cc1.Cc1ccccc1Sc1cc(N(C)F)c2ccccc2c1P.O=C=O. The lowest BCUT2D eigenvalue weighted by Crippen LogP contribution is -2.07. The molecule has 1 atom stereocenters. The van der Waals surface area contributed by atoms with Crippen LogP contribution >= 0.6 is 21.0 Å². The average molecular weight is 572 g/mol. The third-order valence-corrected chi connectivity index (χ3v) is 8.12. The van der Waals surface area contributed by atoms with E-state index in [1.165, 1.54) is 47.0 Å². The van der Waals surface area contributed by atoms with Crippen LogP contribution in [-0.4, -0.2) is 13.2 Å². The van der Waals surface area contributed by atoms with Gasteiger partial charge in [0.25, 0.3) is 0 Å². The van der Waals surface area contributed by atoms with E-state index in [4.69, 9.17) is 9.59 Å². The molecule has 0 spiro atoms. The van der Waals surface area contributed by atoms with Crippen LogP contribution in [-0.2, 0) is 9.59 Å². The first kappa shape index (κ1) is 32.5. The summed E-state index contributed by atoms with van der Waals surface area (Å²) in [5.41, 5.74) is 5.84. The number of hydrogen-bond acceptors (Lipinski definition) is 4. The molecule has 6 heteroatoms. The molecule has 40 heavy (non-hydrogen) atoms. The molecule has 0 saturated carbocycles. The first-order valence-electron chi connectivity index (χ1n) is 12.7. The quantitative estimate of drug-likeness (QED) is 0.139. The second-order valence-electron chi connectivity index (χ2n) is 8.79. The van der Waals surface area contributed by atoms with Gasteiger partial charge in [0, 0.05) is 22.2 Å². The van der Waals surface area contributed by atoms with E-state index in [0.717, 1.165) is 21.0 Å². The lowest BCUT2D eigenvalue weighted by molar-refractivity contribution is -0.191. The molecule has 0 fully saturated rings. The van der Waals surface area contributed by atoms with E-state index in [1.807, 2.05) is 42.5 Å². The molecular formula is C34H35FNO2PS. The highest BCUT2D eigenvalue weighted by atomic mass is 32.2. The van der Waals surface area contributed by atoms with E-state index in [-0.39, 0.29) is 6.15 Å². The number of aryl methyl sites for hydroxylation is 2. The number of halogens is 1. The van der Waals surface area contributed by atoms with Crippen LogP contribution < -0.4 is 10.4 Å². The van der Waals surface area contributed by atoms with Crippen molar-refractivity contribution in [2.75, 3.05) is 12.2 Å². The van der Waals surface area contributed by atoms with Crippen LogP contribution in [0.4, 0.5) is 10.2 Å². The molecule has 1 aliphatic carbocycles. The highest BCUT2D eigenvalue weighted by molar-refractivity contribution is 7.99. The van der Waals surface area contributed by atoms with Crippen LogP contribution in [0, 0.1) is 13.8 Å². The summed E-state index contributed by atoms with van der Waals surface area (Å²) in [5, 5.41) is 3.78. The zero-order valence-corrected chi connectivity index (χ0v) is 25.2. The number of rotatable bonds is 4. The zero-order valence-electron chi connectivity index (χ0n) is 23.2. The maximum absolute atomic E-state index is 13.9. The summed E-state index contributed by atoms with van der Waals surface area (Å²) in [6.07, 6.45) is 9.39. The van der Waals surface area contributed by atoms with E-state index < -0.39 is 0 Å². The topological polar surface area (TPSA) is 37.4 Å². The number of fused-ring (bicyclic) bond motifs is 1. The molecule has 0 bridgehead atoms. The standard InChI is InChI=1S/C18H17FNPS.C13H14.C2H4.CO2/c1-12-7-3-6-10-16(12)22-17-11-15(20(2)19)13-8-4-5-9-14(13)18(17)21;1-11-7-9-13(10-8-11)12-5-3-2-4-6-12;1-2;2-1-3/h3-11H,21H2,1-2H3;3,5-10H,2,4H2,1H3;1-2H2;. The number of anilines is 1. The van der Waals surface area contributed by atoms with Crippen molar-refractivity contribution in [3.63, 3.8) is 0 Å². The van der Waals surface area contributed by atoms with Gasteiger partial charge in [-0.1, -0.05) is 102 Å². The second kappa shape index (κ2) is 17.0. The predicted molar refractivity (Wildman–Crippen MR) is 172 cm³/mol. The first-order valence-corrected chi connectivity index (χ1v) is 14.1. The Kier molecular flexibility index (Phi) is 13.8. The lowest BCUT2D eigenvalue weighted by Gasteiger charge is -2.16. The molecule has 206 valence electrons. The number of hydrogen-bond donors (Lipinski definition) is 0. The van der Waals surface area contributed by atoms with Crippen LogP contribution in [0.3, 0.4) is 0 Å². The minimum atomic E-state index is 0.250. The number of allylic oxidation sites excluding steroid dienone is 4. The molecule has 0 saturated heterocycles. The van der Waals surface area contributed by atoms with Crippen LogP contribution in [0.25, 0.3) is 16.3 Å². The van der Waals surface area contributed by atoms with Crippen LogP contribution in [0.5, 0.6) is 0 Å². The molecule has 5 rings (SSSR count). The summed E-state index contributed by atoms with van der Waals surface area (Å²) in [5.74, 6) is 0. The van der Waals surface area contributed by atoms with Gasteiger partial charge in [-0.25, -0.2) is 5.12 Å². The molecule has 0 amide bonds. The van der Waals surface area contributed by atoms with Gasteiger partial charge in [-0.3, -0.25) is 0 Å². The van der Waals surface area contributed by atoms with Gasteiger partial charge in [0.1, 0.15) is 0 Å². The summed E-state index contributed by atoms with van der Waals surface area (Å²) in [7, 11) is 4.24. The van der Waals surface area contributed by atoms with Gasteiger partial charge < -0.3 is 0 Å². The fraction of sp³-hybridized carbons (Fsp3) is 0.147. The molecular weight excluding hydrogens is 536 g/mol. The van der Waals surface area contributed by atoms with Gasteiger partial charge in [-0.2, -0.15) is 9.59 Å². The van der Waals surface area contributed by atoms with E-state index in [2.05, 4.69) is 90.9 Å².